The number of piperazine rings is 1. The molecule has 174 valence electrons. The van der Waals surface area contributed by atoms with E-state index >= 15 is 0 Å². The second-order valence-electron chi connectivity index (χ2n) is 8.25. The Hall–Kier alpha value is -2.52. The zero-order valence-electron chi connectivity index (χ0n) is 18.9. The van der Waals surface area contributed by atoms with Crippen LogP contribution in [0.25, 0.3) is 0 Å². The summed E-state index contributed by atoms with van der Waals surface area (Å²) < 4.78 is 27.8. The van der Waals surface area contributed by atoms with Crippen LogP contribution in [-0.2, 0) is 16.4 Å². The summed E-state index contributed by atoms with van der Waals surface area (Å²) in [7, 11) is -1.66. The van der Waals surface area contributed by atoms with Crippen LogP contribution in [0.5, 0.6) is 0 Å². The van der Waals surface area contributed by atoms with Gasteiger partial charge < -0.3 is 10.2 Å². The van der Waals surface area contributed by atoms with Gasteiger partial charge in [-0.05, 0) is 54.2 Å². The van der Waals surface area contributed by atoms with Crippen LogP contribution in [-0.4, -0.2) is 56.8 Å². The van der Waals surface area contributed by atoms with Gasteiger partial charge >= 0.3 is 0 Å². The molecule has 6 nitrogen and oxygen atoms in total. The van der Waals surface area contributed by atoms with Crippen molar-refractivity contribution in [2.75, 3.05) is 33.2 Å². The van der Waals surface area contributed by atoms with E-state index < -0.39 is 10.0 Å². The molecular formula is C25H29N3O3S2. The Morgan fingerprint density at radius 2 is 1.76 bits per heavy atom. The smallest absolute Gasteiger partial charge is 0.252 e. The first kappa shape index (κ1) is 23.6. The van der Waals surface area contributed by atoms with Crippen molar-refractivity contribution in [1.29, 1.82) is 0 Å². The monoisotopic (exact) mass is 483 g/mol. The molecule has 1 aromatic heterocycles. The van der Waals surface area contributed by atoms with Crippen molar-refractivity contribution in [3.05, 3.63) is 87.6 Å². The van der Waals surface area contributed by atoms with Crippen molar-refractivity contribution in [2.45, 2.75) is 24.3 Å². The number of aryl methyl sites for hydroxylation is 1. The summed E-state index contributed by atoms with van der Waals surface area (Å²) in [4.78, 5) is 16.5. The number of thiophene rings is 1. The number of nitrogens with zero attached hydrogens (tertiary/aromatic N) is 2. The highest BCUT2D eigenvalue weighted by Crippen LogP contribution is 2.27. The zero-order valence-corrected chi connectivity index (χ0v) is 20.5. The molecule has 1 fully saturated rings. The lowest BCUT2D eigenvalue weighted by Crippen LogP contribution is -2.47. The number of carbonyl (C=O) groups excluding carboxylic acids is 1. The average Bonchev–Trinajstić information content (AvgIpc) is 3.37. The van der Waals surface area contributed by atoms with E-state index in [0.717, 1.165) is 16.9 Å². The second-order valence-corrected chi connectivity index (χ2v) is 11.2. The van der Waals surface area contributed by atoms with Gasteiger partial charge in [0, 0.05) is 36.6 Å². The van der Waals surface area contributed by atoms with Crippen LogP contribution in [0.15, 0.2) is 70.9 Å². The molecule has 2 aromatic carbocycles. The third kappa shape index (κ3) is 5.35. The minimum Gasteiger partial charge on any atom is -0.340 e. The van der Waals surface area contributed by atoms with E-state index in [1.165, 1.54) is 15.9 Å². The number of benzene rings is 2. The van der Waals surface area contributed by atoms with Crippen LogP contribution in [0, 0.1) is 0 Å². The van der Waals surface area contributed by atoms with Gasteiger partial charge in [0.25, 0.3) is 5.91 Å². The minimum atomic E-state index is -3.64. The van der Waals surface area contributed by atoms with E-state index in [9.17, 15) is 13.2 Å². The van der Waals surface area contributed by atoms with Gasteiger partial charge in [0.05, 0.1) is 10.9 Å². The van der Waals surface area contributed by atoms with Crippen molar-refractivity contribution in [1.82, 2.24) is 14.5 Å². The van der Waals surface area contributed by atoms with Gasteiger partial charge in [0.1, 0.15) is 0 Å². The number of nitrogens with one attached hydrogen (secondary N) is 1. The van der Waals surface area contributed by atoms with E-state index in [4.69, 9.17) is 0 Å². The van der Waals surface area contributed by atoms with E-state index in [1.54, 1.807) is 29.5 Å². The fraction of sp³-hybridized carbons (Fsp3) is 0.320. The third-order valence-corrected chi connectivity index (χ3v) is 8.85. The molecule has 4 rings (SSSR count). The van der Waals surface area contributed by atoms with Gasteiger partial charge in [-0.25, -0.2) is 8.42 Å². The molecule has 2 heterocycles. The van der Waals surface area contributed by atoms with Crippen molar-refractivity contribution in [3.8, 4) is 0 Å². The maximum Gasteiger partial charge on any atom is 0.252 e. The lowest BCUT2D eigenvalue weighted by atomic mass is 10.0. The van der Waals surface area contributed by atoms with Crippen molar-refractivity contribution >= 4 is 27.3 Å². The van der Waals surface area contributed by atoms with E-state index in [2.05, 4.69) is 29.3 Å². The Morgan fingerprint density at radius 1 is 1.03 bits per heavy atom. The SMILES string of the molecule is CCc1ccc(C(NC(=O)c2cccc(S(=O)(=O)N3CCN(C)CC3)c2)c2cccs2)cc1. The Bertz CT molecular complexity index is 1180. The van der Waals surface area contributed by atoms with Crippen molar-refractivity contribution < 1.29 is 13.2 Å². The summed E-state index contributed by atoms with van der Waals surface area (Å²) in [5, 5.41) is 5.09. The van der Waals surface area contributed by atoms with E-state index in [0.29, 0.717) is 31.7 Å². The second kappa shape index (κ2) is 10.2. The summed E-state index contributed by atoms with van der Waals surface area (Å²) in [6.07, 6.45) is 0.949. The molecule has 1 unspecified atom stereocenters. The minimum absolute atomic E-state index is 0.152. The average molecular weight is 484 g/mol. The van der Waals surface area contributed by atoms with Crippen LogP contribution in [0.2, 0.25) is 0 Å². The van der Waals surface area contributed by atoms with Crippen molar-refractivity contribution in [3.63, 3.8) is 0 Å². The number of hydrogen-bond donors (Lipinski definition) is 1. The van der Waals surface area contributed by atoms with Gasteiger partial charge in [0.2, 0.25) is 10.0 Å². The quantitative estimate of drug-likeness (QED) is 0.556. The lowest BCUT2D eigenvalue weighted by Gasteiger charge is -2.31. The molecule has 3 aromatic rings. The van der Waals surface area contributed by atoms with Crippen LogP contribution < -0.4 is 5.32 Å². The fourth-order valence-electron chi connectivity index (χ4n) is 3.91. The molecule has 1 aliphatic heterocycles. The highest BCUT2D eigenvalue weighted by atomic mass is 32.2. The Kier molecular flexibility index (Phi) is 7.29. The first-order valence-electron chi connectivity index (χ1n) is 11.1. The molecule has 0 aliphatic carbocycles. The summed E-state index contributed by atoms with van der Waals surface area (Å²) in [6, 6.07) is 18.2. The molecule has 0 spiro atoms. The van der Waals surface area contributed by atoms with Crippen LogP contribution in [0.1, 0.15) is 39.3 Å². The standard InChI is InChI=1S/C25H29N3O3S2/c1-3-19-9-11-20(12-10-19)24(23-8-5-17-32-23)26-25(29)21-6-4-7-22(18-21)33(30,31)28-15-13-27(2)14-16-28/h4-12,17-18,24H,3,13-16H2,1-2H3,(H,26,29). The number of likely N-dealkylation sites (N-methyl/N-ethyl adjacent to an activating group) is 1. The summed E-state index contributed by atoms with van der Waals surface area (Å²) >= 11 is 1.58. The Balaban J connectivity index is 1.58. The Morgan fingerprint density at radius 3 is 2.39 bits per heavy atom. The maximum atomic E-state index is 13.2. The predicted octanol–water partition coefficient (Wildman–Crippen LogP) is 3.77. The highest BCUT2D eigenvalue weighted by Gasteiger charge is 2.28. The fourth-order valence-corrected chi connectivity index (χ4v) is 6.18. The molecule has 0 radical (unpaired) electrons. The van der Waals surface area contributed by atoms with Crippen molar-refractivity contribution in [2.24, 2.45) is 0 Å². The molecule has 0 bridgehead atoms. The number of sulfonamides is 1. The number of carbonyl (C=O) groups is 1. The molecule has 1 aliphatic rings. The van der Waals surface area contributed by atoms with Crippen LogP contribution in [0.3, 0.4) is 0 Å². The van der Waals surface area contributed by atoms with Gasteiger partial charge in [-0.2, -0.15) is 4.31 Å². The number of amides is 1. The van der Waals surface area contributed by atoms with Gasteiger partial charge in [-0.15, -0.1) is 11.3 Å². The van der Waals surface area contributed by atoms with Gasteiger partial charge in [0.15, 0.2) is 0 Å². The zero-order chi connectivity index (χ0) is 23.4. The first-order chi connectivity index (χ1) is 15.9. The summed E-state index contributed by atoms with van der Waals surface area (Å²) in [6.45, 7) is 4.39. The predicted molar refractivity (Wildman–Crippen MR) is 132 cm³/mol. The molecule has 1 amide bonds. The molecule has 33 heavy (non-hydrogen) atoms. The Labute approximate surface area is 199 Å². The van der Waals surface area contributed by atoms with E-state index in [-0.39, 0.29) is 16.8 Å². The number of rotatable bonds is 7. The van der Waals surface area contributed by atoms with Crippen LogP contribution >= 0.6 is 11.3 Å². The topological polar surface area (TPSA) is 69.7 Å². The molecule has 8 heteroatoms. The molecule has 1 atom stereocenters. The molecule has 1 saturated heterocycles. The van der Waals surface area contributed by atoms with Crippen LogP contribution in [0.4, 0.5) is 0 Å². The normalized spacial score (nSPS) is 16.4. The van der Waals surface area contributed by atoms with Gasteiger partial charge in [-0.1, -0.05) is 43.3 Å². The molecule has 1 N–H and O–H groups in total. The summed E-state index contributed by atoms with van der Waals surface area (Å²) in [5.41, 5.74) is 2.55. The molecule has 0 saturated carbocycles. The maximum absolute atomic E-state index is 13.2. The highest BCUT2D eigenvalue weighted by molar-refractivity contribution is 7.89. The summed E-state index contributed by atoms with van der Waals surface area (Å²) in [5.74, 6) is -0.302. The first-order valence-corrected chi connectivity index (χ1v) is 13.4. The molecular weight excluding hydrogens is 454 g/mol. The third-order valence-electron chi connectivity index (χ3n) is 6.02. The van der Waals surface area contributed by atoms with E-state index in [1.807, 2.05) is 36.7 Å². The van der Waals surface area contributed by atoms with Gasteiger partial charge in [-0.3, -0.25) is 4.79 Å². The lowest BCUT2D eigenvalue weighted by molar-refractivity contribution is 0.0943. The number of hydrogen-bond acceptors (Lipinski definition) is 5. The largest absolute Gasteiger partial charge is 0.340 e.